The Labute approximate surface area is 84.5 Å². The number of aliphatic hydroxyl groups excluding tert-OH is 1. The van der Waals surface area contributed by atoms with Crippen LogP contribution in [0.25, 0.3) is 11.1 Å². The standard InChI is InChI=1S/C10H9NO4/c1-11-7-3-2-6(8(13)5-12)4-9(7)15-10(11)14/h2-4,12H,5H2,1H3. The van der Waals surface area contributed by atoms with E-state index < -0.39 is 18.1 Å². The second kappa shape index (κ2) is 3.36. The molecule has 0 aliphatic carbocycles. The largest absolute Gasteiger partial charge is 0.419 e. The third-order valence-corrected chi connectivity index (χ3v) is 2.26. The highest BCUT2D eigenvalue weighted by Crippen LogP contribution is 2.14. The lowest BCUT2D eigenvalue weighted by atomic mass is 10.1. The minimum absolute atomic E-state index is 0.333. The van der Waals surface area contributed by atoms with Crippen LogP contribution < -0.4 is 5.76 Å². The molecule has 0 fully saturated rings. The summed E-state index contributed by atoms with van der Waals surface area (Å²) < 4.78 is 6.26. The Hall–Kier alpha value is -1.88. The molecule has 0 aliphatic heterocycles. The number of oxazole rings is 1. The molecule has 0 amide bonds. The van der Waals surface area contributed by atoms with Crippen molar-refractivity contribution in [3.63, 3.8) is 0 Å². The number of benzene rings is 1. The summed E-state index contributed by atoms with van der Waals surface area (Å²) >= 11 is 0. The molecule has 2 aromatic rings. The van der Waals surface area contributed by atoms with E-state index in [0.717, 1.165) is 0 Å². The number of aliphatic hydroxyl groups is 1. The molecule has 1 aromatic heterocycles. The molecular weight excluding hydrogens is 198 g/mol. The first kappa shape index (κ1) is 9.67. The third-order valence-electron chi connectivity index (χ3n) is 2.26. The lowest BCUT2D eigenvalue weighted by Crippen LogP contribution is -2.08. The molecule has 0 saturated heterocycles. The Morgan fingerprint density at radius 2 is 2.27 bits per heavy atom. The molecule has 2 rings (SSSR count). The van der Waals surface area contributed by atoms with Crippen LogP contribution in [-0.2, 0) is 7.05 Å². The fourth-order valence-corrected chi connectivity index (χ4v) is 1.40. The first-order valence-corrected chi connectivity index (χ1v) is 4.37. The van der Waals surface area contributed by atoms with Crippen LogP contribution in [0.15, 0.2) is 27.4 Å². The maximum absolute atomic E-state index is 11.2. The van der Waals surface area contributed by atoms with E-state index in [1.165, 1.54) is 10.6 Å². The summed E-state index contributed by atoms with van der Waals surface area (Å²) in [5.74, 6) is -0.873. The van der Waals surface area contributed by atoms with Crippen molar-refractivity contribution in [1.29, 1.82) is 0 Å². The van der Waals surface area contributed by atoms with Crippen molar-refractivity contribution in [3.05, 3.63) is 34.3 Å². The predicted molar refractivity (Wildman–Crippen MR) is 52.9 cm³/mol. The number of carbonyl (C=O) groups excluding carboxylic acids is 1. The summed E-state index contributed by atoms with van der Waals surface area (Å²) in [5.41, 5.74) is 1.30. The molecule has 1 aromatic carbocycles. The van der Waals surface area contributed by atoms with Gasteiger partial charge in [0.15, 0.2) is 11.4 Å². The molecule has 0 spiro atoms. The molecule has 0 radical (unpaired) electrons. The zero-order valence-corrected chi connectivity index (χ0v) is 8.06. The van der Waals surface area contributed by atoms with Gasteiger partial charge < -0.3 is 9.52 Å². The van der Waals surface area contributed by atoms with Gasteiger partial charge >= 0.3 is 5.76 Å². The average molecular weight is 207 g/mol. The second-order valence-corrected chi connectivity index (χ2v) is 3.19. The Morgan fingerprint density at radius 3 is 2.93 bits per heavy atom. The number of aromatic nitrogens is 1. The number of aryl methyl sites for hydroxylation is 1. The number of rotatable bonds is 2. The maximum Gasteiger partial charge on any atom is 0.419 e. The Kier molecular flexibility index (Phi) is 2.17. The summed E-state index contributed by atoms with van der Waals surface area (Å²) in [6.45, 7) is -0.553. The monoisotopic (exact) mass is 207 g/mol. The number of hydrogen-bond acceptors (Lipinski definition) is 4. The van der Waals surface area contributed by atoms with Gasteiger partial charge in [0.2, 0.25) is 0 Å². The molecular formula is C10H9NO4. The Bertz CT molecular complexity index is 579. The maximum atomic E-state index is 11.2. The van der Waals surface area contributed by atoms with E-state index in [4.69, 9.17) is 9.52 Å². The predicted octanol–water partition coefficient (Wildman–Crippen LogP) is 0.306. The van der Waals surface area contributed by atoms with Gasteiger partial charge in [0, 0.05) is 12.6 Å². The van der Waals surface area contributed by atoms with Gasteiger partial charge in [0.1, 0.15) is 6.61 Å². The smallest absolute Gasteiger partial charge is 0.408 e. The number of ketones is 1. The topological polar surface area (TPSA) is 72.4 Å². The fraction of sp³-hybridized carbons (Fsp3) is 0.200. The molecule has 0 aliphatic rings. The van der Waals surface area contributed by atoms with Crippen LogP contribution in [0.1, 0.15) is 10.4 Å². The van der Waals surface area contributed by atoms with Crippen LogP contribution in [0.3, 0.4) is 0 Å². The summed E-state index contributed by atoms with van der Waals surface area (Å²) in [7, 11) is 1.59. The van der Waals surface area contributed by atoms with Gasteiger partial charge in [-0.3, -0.25) is 9.36 Å². The quantitative estimate of drug-likeness (QED) is 0.719. The summed E-state index contributed by atoms with van der Waals surface area (Å²) in [6.07, 6.45) is 0. The molecule has 1 heterocycles. The van der Waals surface area contributed by atoms with E-state index in [-0.39, 0.29) is 0 Å². The molecule has 0 atom stereocenters. The summed E-state index contributed by atoms with van der Waals surface area (Å²) in [5, 5.41) is 8.67. The van der Waals surface area contributed by atoms with Gasteiger partial charge in [-0.15, -0.1) is 0 Å². The summed E-state index contributed by atoms with van der Waals surface area (Å²) in [4.78, 5) is 22.3. The molecule has 78 valence electrons. The highest BCUT2D eigenvalue weighted by Gasteiger charge is 2.09. The summed E-state index contributed by atoms with van der Waals surface area (Å²) in [6, 6.07) is 4.62. The molecule has 0 bridgehead atoms. The number of carbonyl (C=O) groups is 1. The van der Waals surface area contributed by atoms with E-state index in [2.05, 4.69) is 0 Å². The van der Waals surface area contributed by atoms with Gasteiger partial charge in [-0.05, 0) is 18.2 Å². The highest BCUT2D eigenvalue weighted by atomic mass is 16.4. The Balaban J connectivity index is 2.67. The van der Waals surface area contributed by atoms with Crippen LogP contribution in [-0.4, -0.2) is 22.1 Å². The lowest BCUT2D eigenvalue weighted by Gasteiger charge is -1.96. The number of Topliss-reactive ketones (excluding diaryl/α,β-unsaturated/α-hetero) is 1. The lowest BCUT2D eigenvalue weighted by molar-refractivity contribution is 0.0904. The van der Waals surface area contributed by atoms with Crippen LogP contribution in [0, 0.1) is 0 Å². The van der Waals surface area contributed by atoms with Crippen molar-refractivity contribution >= 4 is 16.9 Å². The minimum Gasteiger partial charge on any atom is -0.408 e. The molecule has 15 heavy (non-hydrogen) atoms. The van der Waals surface area contributed by atoms with Crippen molar-refractivity contribution in [2.45, 2.75) is 0 Å². The van der Waals surface area contributed by atoms with Crippen LogP contribution >= 0.6 is 0 Å². The van der Waals surface area contributed by atoms with E-state index in [0.29, 0.717) is 16.7 Å². The number of hydrogen-bond donors (Lipinski definition) is 1. The van der Waals surface area contributed by atoms with E-state index >= 15 is 0 Å². The number of nitrogens with zero attached hydrogens (tertiary/aromatic N) is 1. The SMILES string of the molecule is Cn1c(=O)oc2cc(C(=O)CO)ccc21. The third kappa shape index (κ3) is 1.46. The fourth-order valence-electron chi connectivity index (χ4n) is 1.40. The minimum atomic E-state index is -0.553. The average Bonchev–Trinajstić information content (AvgIpc) is 2.53. The van der Waals surface area contributed by atoms with E-state index in [1.807, 2.05) is 0 Å². The van der Waals surface area contributed by atoms with Crippen LogP contribution in [0.2, 0.25) is 0 Å². The highest BCUT2D eigenvalue weighted by molar-refractivity contribution is 5.99. The van der Waals surface area contributed by atoms with Crippen molar-refractivity contribution in [1.82, 2.24) is 4.57 Å². The first-order valence-electron chi connectivity index (χ1n) is 4.37. The van der Waals surface area contributed by atoms with Crippen LogP contribution in [0.5, 0.6) is 0 Å². The molecule has 0 unspecified atom stereocenters. The van der Waals surface area contributed by atoms with Crippen molar-refractivity contribution in [2.75, 3.05) is 6.61 Å². The second-order valence-electron chi connectivity index (χ2n) is 3.19. The molecule has 5 heteroatoms. The zero-order chi connectivity index (χ0) is 11.0. The van der Waals surface area contributed by atoms with E-state index in [1.54, 1.807) is 19.2 Å². The van der Waals surface area contributed by atoms with Crippen LogP contribution in [0.4, 0.5) is 0 Å². The van der Waals surface area contributed by atoms with E-state index in [9.17, 15) is 9.59 Å². The number of fused-ring (bicyclic) bond motifs is 1. The van der Waals surface area contributed by atoms with Crippen molar-refractivity contribution < 1.29 is 14.3 Å². The van der Waals surface area contributed by atoms with Crippen molar-refractivity contribution in [2.24, 2.45) is 7.05 Å². The van der Waals surface area contributed by atoms with Gasteiger partial charge in [-0.2, -0.15) is 0 Å². The molecule has 0 saturated carbocycles. The molecule has 1 N–H and O–H groups in total. The van der Waals surface area contributed by atoms with Gasteiger partial charge in [0.25, 0.3) is 0 Å². The van der Waals surface area contributed by atoms with Gasteiger partial charge in [0.05, 0.1) is 5.52 Å². The van der Waals surface area contributed by atoms with Gasteiger partial charge in [-0.1, -0.05) is 0 Å². The zero-order valence-electron chi connectivity index (χ0n) is 8.06. The normalized spacial score (nSPS) is 10.8. The van der Waals surface area contributed by atoms with Gasteiger partial charge in [-0.25, -0.2) is 4.79 Å². The first-order chi connectivity index (χ1) is 7.13. The van der Waals surface area contributed by atoms with Crippen molar-refractivity contribution in [3.8, 4) is 0 Å². The Morgan fingerprint density at radius 1 is 1.53 bits per heavy atom. The molecule has 5 nitrogen and oxygen atoms in total.